The van der Waals surface area contributed by atoms with Gasteiger partial charge in [0, 0.05) is 6.54 Å². The first-order valence-corrected chi connectivity index (χ1v) is 4.54. The summed E-state index contributed by atoms with van der Waals surface area (Å²) in [5.41, 5.74) is 14.2. The van der Waals surface area contributed by atoms with Gasteiger partial charge in [0.05, 0.1) is 11.4 Å². The summed E-state index contributed by atoms with van der Waals surface area (Å²) in [6.07, 6.45) is 0.966. The lowest BCUT2D eigenvalue weighted by Crippen LogP contribution is -2.09. The molecule has 1 aromatic carbocycles. The highest BCUT2D eigenvalue weighted by atomic mass is 14.9. The minimum atomic E-state index is 0.707. The van der Waals surface area contributed by atoms with E-state index in [-0.39, 0.29) is 0 Å². The molecule has 0 spiro atoms. The second kappa shape index (κ2) is 4.72. The van der Waals surface area contributed by atoms with Gasteiger partial charge in [-0.3, -0.25) is 0 Å². The molecule has 0 bridgehead atoms. The molecule has 13 heavy (non-hydrogen) atoms. The number of aryl methyl sites for hydroxylation is 1. The summed E-state index contributed by atoms with van der Waals surface area (Å²) in [6, 6.07) is 5.98. The number of anilines is 2. The lowest BCUT2D eigenvalue weighted by Gasteiger charge is -2.10. The molecule has 0 aliphatic rings. The van der Waals surface area contributed by atoms with E-state index in [2.05, 4.69) is 5.32 Å². The lowest BCUT2D eigenvalue weighted by molar-refractivity contribution is 0.874. The molecule has 3 heteroatoms. The van der Waals surface area contributed by atoms with Crippen molar-refractivity contribution in [2.75, 3.05) is 24.1 Å². The van der Waals surface area contributed by atoms with Crippen molar-refractivity contribution in [3.05, 3.63) is 23.8 Å². The Labute approximate surface area is 79.1 Å². The number of hydrogen-bond acceptors (Lipinski definition) is 3. The van der Waals surface area contributed by atoms with Gasteiger partial charge in [0.1, 0.15) is 0 Å². The van der Waals surface area contributed by atoms with Crippen molar-refractivity contribution >= 4 is 11.4 Å². The van der Waals surface area contributed by atoms with Crippen molar-refractivity contribution in [2.24, 2.45) is 5.73 Å². The zero-order valence-corrected chi connectivity index (χ0v) is 8.01. The molecule has 0 saturated heterocycles. The van der Waals surface area contributed by atoms with Crippen LogP contribution in [0.3, 0.4) is 0 Å². The molecule has 1 aromatic rings. The van der Waals surface area contributed by atoms with Crippen molar-refractivity contribution in [1.82, 2.24) is 0 Å². The fourth-order valence-corrected chi connectivity index (χ4v) is 1.16. The molecule has 0 saturated carbocycles. The third-order valence-electron chi connectivity index (χ3n) is 2.02. The first-order chi connectivity index (χ1) is 6.25. The normalized spacial score (nSPS) is 10.0. The van der Waals surface area contributed by atoms with E-state index in [1.165, 1.54) is 0 Å². The zero-order valence-electron chi connectivity index (χ0n) is 8.01. The van der Waals surface area contributed by atoms with Crippen LogP contribution in [0, 0.1) is 6.92 Å². The maximum absolute atomic E-state index is 5.87. The van der Waals surface area contributed by atoms with E-state index in [0.29, 0.717) is 6.54 Å². The molecule has 0 radical (unpaired) electrons. The van der Waals surface area contributed by atoms with Gasteiger partial charge in [-0.1, -0.05) is 12.1 Å². The van der Waals surface area contributed by atoms with E-state index < -0.39 is 0 Å². The standard InChI is InChI=1S/C10H17N3/c1-8-4-2-5-9(10(8)12)13-7-3-6-11/h2,4-5,13H,3,6-7,11-12H2,1H3. The number of nitrogens with one attached hydrogen (secondary N) is 1. The molecule has 0 fully saturated rings. The Bertz CT molecular complexity index is 271. The van der Waals surface area contributed by atoms with Gasteiger partial charge in [0.15, 0.2) is 0 Å². The maximum atomic E-state index is 5.87. The minimum Gasteiger partial charge on any atom is -0.397 e. The molecule has 3 nitrogen and oxygen atoms in total. The highest BCUT2D eigenvalue weighted by molar-refractivity contribution is 5.69. The van der Waals surface area contributed by atoms with Crippen LogP contribution < -0.4 is 16.8 Å². The van der Waals surface area contributed by atoms with Gasteiger partial charge >= 0.3 is 0 Å². The Morgan fingerprint density at radius 3 is 2.85 bits per heavy atom. The summed E-state index contributed by atoms with van der Waals surface area (Å²) in [7, 11) is 0. The second-order valence-electron chi connectivity index (χ2n) is 3.11. The van der Waals surface area contributed by atoms with E-state index in [9.17, 15) is 0 Å². The van der Waals surface area contributed by atoms with Gasteiger partial charge in [-0.2, -0.15) is 0 Å². The van der Waals surface area contributed by atoms with Gasteiger partial charge in [-0.15, -0.1) is 0 Å². The van der Waals surface area contributed by atoms with E-state index in [0.717, 1.165) is 29.9 Å². The molecular weight excluding hydrogens is 162 g/mol. The van der Waals surface area contributed by atoms with Gasteiger partial charge in [-0.05, 0) is 31.5 Å². The van der Waals surface area contributed by atoms with Crippen LogP contribution in [0.1, 0.15) is 12.0 Å². The van der Waals surface area contributed by atoms with Gasteiger partial charge in [0.25, 0.3) is 0 Å². The molecule has 5 N–H and O–H groups in total. The van der Waals surface area contributed by atoms with E-state index in [1.54, 1.807) is 0 Å². The molecule has 0 heterocycles. The monoisotopic (exact) mass is 179 g/mol. The van der Waals surface area contributed by atoms with Crippen LogP contribution in [0.15, 0.2) is 18.2 Å². The van der Waals surface area contributed by atoms with Crippen LogP contribution in [0.5, 0.6) is 0 Å². The fourth-order valence-electron chi connectivity index (χ4n) is 1.16. The van der Waals surface area contributed by atoms with E-state index in [4.69, 9.17) is 11.5 Å². The summed E-state index contributed by atoms with van der Waals surface area (Å²) < 4.78 is 0. The van der Waals surface area contributed by atoms with Crippen LogP contribution in [-0.2, 0) is 0 Å². The SMILES string of the molecule is Cc1cccc(NCCCN)c1N. The summed E-state index contributed by atoms with van der Waals surface area (Å²) in [5, 5.41) is 3.25. The number of hydrogen-bond donors (Lipinski definition) is 3. The third-order valence-corrected chi connectivity index (χ3v) is 2.02. The number of benzene rings is 1. The van der Waals surface area contributed by atoms with Gasteiger partial charge < -0.3 is 16.8 Å². The van der Waals surface area contributed by atoms with Crippen molar-refractivity contribution in [2.45, 2.75) is 13.3 Å². The molecular formula is C10H17N3. The third kappa shape index (κ3) is 2.63. The summed E-state index contributed by atoms with van der Waals surface area (Å²) in [6.45, 7) is 3.59. The zero-order chi connectivity index (χ0) is 9.68. The van der Waals surface area contributed by atoms with Crippen LogP contribution in [0.25, 0.3) is 0 Å². The molecule has 0 aliphatic heterocycles. The fraction of sp³-hybridized carbons (Fsp3) is 0.400. The predicted octanol–water partition coefficient (Wildman–Crippen LogP) is 1.34. The van der Waals surface area contributed by atoms with Gasteiger partial charge in [-0.25, -0.2) is 0 Å². The van der Waals surface area contributed by atoms with Crippen LogP contribution >= 0.6 is 0 Å². The molecule has 1 rings (SSSR count). The van der Waals surface area contributed by atoms with Crippen molar-refractivity contribution in [3.63, 3.8) is 0 Å². The summed E-state index contributed by atoms with van der Waals surface area (Å²) in [5.74, 6) is 0. The van der Waals surface area contributed by atoms with Crippen LogP contribution in [0.2, 0.25) is 0 Å². The first-order valence-electron chi connectivity index (χ1n) is 4.54. The molecule has 0 unspecified atom stereocenters. The second-order valence-corrected chi connectivity index (χ2v) is 3.11. The Morgan fingerprint density at radius 1 is 1.38 bits per heavy atom. The minimum absolute atomic E-state index is 0.707. The maximum Gasteiger partial charge on any atom is 0.0579 e. The Morgan fingerprint density at radius 2 is 2.15 bits per heavy atom. The highest BCUT2D eigenvalue weighted by Crippen LogP contribution is 2.21. The number of nitrogen functional groups attached to an aromatic ring is 1. The number of para-hydroxylation sites is 1. The van der Waals surface area contributed by atoms with Crippen molar-refractivity contribution in [3.8, 4) is 0 Å². The van der Waals surface area contributed by atoms with Crippen LogP contribution in [0.4, 0.5) is 11.4 Å². The van der Waals surface area contributed by atoms with Crippen LogP contribution in [-0.4, -0.2) is 13.1 Å². The van der Waals surface area contributed by atoms with Crippen molar-refractivity contribution < 1.29 is 0 Å². The van der Waals surface area contributed by atoms with E-state index >= 15 is 0 Å². The summed E-state index contributed by atoms with van der Waals surface area (Å²) in [4.78, 5) is 0. The Balaban J connectivity index is 2.61. The largest absolute Gasteiger partial charge is 0.397 e. The Hall–Kier alpha value is -1.22. The van der Waals surface area contributed by atoms with Gasteiger partial charge in [0.2, 0.25) is 0 Å². The quantitative estimate of drug-likeness (QED) is 0.482. The number of nitrogens with two attached hydrogens (primary N) is 2. The molecule has 0 aliphatic carbocycles. The average molecular weight is 179 g/mol. The Kier molecular flexibility index (Phi) is 3.58. The molecule has 0 atom stereocenters. The molecule has 0 aromatic heterocycles. The predicted molar refractivity (Wildman–Crippen MR) is 57.8 cm³/mol. The summed E-state index contributed by atoms with van der Waals surface area (Å²) >= 11 is 0. The molecule has 72 valence electrons. The topological polar surface area (TPSA) is 64.1 Å². The first kappa shape index (κ1) is 9.86. The van der Waals surface area contributed by atoms with E-state index in [1.807, 2.05) is 25.1 Å². The smallest absolute Gasteiger partial charge is 0.0579 e. The lowest BCUT2D eigenvalue weighted by atomic mass is 10.1. The average Bonchev–Trinajstić information content (AvgIpc) is 2.13. The molecule has 0 amide bonds. The van der Waals surface area contributed by atoms with Crippen molar-refractivity contribution in [1.29, 1.82) is 0 Å². The number of rotatable bonds is 4. The highest BCUT2D eigenvalue weighted by Gasteiger charge is 1.99.